The van der Waals surface area contributed by atoms with Crippen LogP contribution in [0.25, 0.3) is 11.1 Å². The van der Waals surface area contributed by atoms with E-state index in [9.17, 15) is 4.79 Å². The van der Waals surface area contributed by atoms with Gasteiger partial charge in [0.15, 0.2) is 0 Å². The molecule has 0 N–H and O–H groups in total. The van der Waals surface area contributed by atoms with Gasteiger partial charge in [0.25, 0.3) is 0 Å². The molecule has 0 saturated carbocycles. The van der Waals surface area contributed by atoms with Crippen LogP contribution in [-0.2, 0) is 27.3 Å². The fraction of sp³-hybridized carbons (Fsp3) is 0.316. The van der Waals surface area contributed by atoms with Crippen molar-refractivity contribution >= 4 is 5.97 Å². The highest BCUT2D eigenvalue weighted by Gasteiger charge is 2.15. The third-order valence-electron chi connectivity index (χ3n) is 3.55. The zero-order valence-electron chi connectivity index (χ0n) is 13.8. The Morgan fingerprint density at radius 2 is 1.78 bits per heavy atom. The monoisotopic (exact) mass is 314 g/mol. The van der Waals surface area contributed by atoms with E-state index in [-0.39, 0.29) is 12.4 Å². The van der Waals surface area contributed by atoms with Crippen LogP contribution in [0.3, 0.4) is 0 Å². The molecule has 0 saturated heterocycles. The van der Waals surface area contributed by atoms with Gasteiger partial charge < -0.3 is 14.2 Å². The van der Waals surface area contributed by atoms with Gasteiger partial charge in [-0.3, -0.25) is 4.79 Å². The quantitative estimate of drug-likeness (QED) is 0.732. The molecule has 4 nitrogen and oxygen atoms in total. The summed E-state index contributed by atoms with van der Waals surface area (Å²) in [5.41, 5.74) is 3.86. The summed E-state index contributed by atoms with van der Waals surface area (Å²) >= 11 is 0. The molecule has 0 aliphatic heterocycles. The van der Waals surface area contributed by atoms with Crippen LogP contribution >= 0.6 is 0 Å². The molecule has 0 aliphatic rings. The predicted molar refractivity (Wildman–Crippen MR) is 89.5 cm³/mol. The smallest absolute Gasteiger partial charge is 0.310 e. The van der Waals surface area contributed by atoms with Gasteiger partial charge >= 0.3 is 5.97 Å². The maximum absolute atomic E-state index is 11.8. The average Bonchev–Trinajstić information content (AvgIpc) is 2.57. The Labute approximate surface area is 137 Å². The van der Waals surface area contributed by atoms with Crippen LogP contribution < -0.4 is 4.74 Å². The van der Waals surface area contributed by atoms with E-state index in [4.69, 9.17) is 14.2 Å². The van der Waals surface area contributed by atoms with Crippen LogP contribution in [0.5, 0.6) is 5.75 Å². The SMILES string of the molecule is CCOC(=O)Cc1cc(OC)c(-c2ccccc2)cc1COC. The van der Waals surface area contributed by atoms with Crippen molar-refractivity contribution in [2.75, 3.05) is 20.8 Å². The molecule has 0 spiro atoms. The lowest BCUT2D eigenvalue weighted by Gasteiger charge is -2.15. The summed E-state index contributed by atoms with van der Waals surface area (Å²) < 4.78 is 15.9. The van der Waals surface area contributed by atoms with Gasteiger partial charge in [0.05, 0.1) is 26.7 Å². The van der Waals surface area contributed by atoms with Crippen molar-refractivity contribution in [2.24, 2.45) is 0 Å². The van der Waals surface area contributed by atoms with Gasteiger partial charge in [-0.25, -0.2) is 0 Å². The molecule has 0 unspecified atom stereocenters. The first kappa shape index (κ1) is 17.0. The van der Waals surface area contributed by atoms with E-state index < -0.39 is 0 Å². The van der Waals surface area contributed by atoms with Gasteiger partial charge in [-0.1, -0.05) is 30.3 Å². The second-order valence-corrected chi connectivity index (χ2v) is 5.10. The first-order valence-electron chi connectivity index (χ1n) is 7.59. The second kappa shape index (κ2) is 8.34. The highest BCUT2D eigenvalue weighted by molar-refractivity contribution is 5.76. The Morgan fingerprint density at radius 1 is 1.04 bits per heavy atom. The van der Waals surface area contributed by atoms with Gasteiger partial charge in [0.2, 0.25) is 0 Å². The minimum absolute atomic E-state index is 0.206. The van der Waals surface area contributed by atoms with Crippen LogP contribution in [0.2, 0.25) is 0 Å². The Kier molecular flexibility index (Phi) is 6.18. The molecule has 2 aromatic carbocycles. The second-order valence-electron chi connectivity index (χ2n) is 5.10. The number of ether oxygens (including phenoxy) is 3. The highest BCUT2D eigenvalue weighted by atomic mass is 16.5. The van der Waals surface area contributed by atoms with E-state index >= 15 is 0 Å². The van der Waals surface area contributed by atoms with Crippen LogP contribution in [0, 0.1) is 0 Å². The van der Waals surface area contributed by atoms with Crippen molar-refractivity contribution in [1.82, 2.24) is 0 Å². The fourth-order valence-electron chi connectivity index (χ4n) is 2.50. The molecule has 0 fully saturated rings. The van der Waals surface area contributed by atoms with E-state index in [1.54, 1.807) is 21.1 Å². The van der Waals surface area contributed by atoms with Crippen molar-refractivity contribution in [3.05, 3.63) is 53.6 Å². The lowest BCUT2D eigenvalue weighted by molar-refractivity contribution is -0.142. The molecular weight excluding hydrogens is 292 g/mol. The van der Waals surface area contributed by atoms with Crippen LogP contribution in [0.4, 0.5) is 0 Å². The van der Waals surface area contributed by atoms with Crippen LogP contribution in [0.1, 0.15) is 18.1 Å². The standard InChI is InChI=1S/C19H22O4/c1-4-23-19(20)12-15-11-18(22-3)17(10-16(15)13-21-2)14-8-6-5-7-9-14/h5-11H,4,12-13H2,1-3H3. The lowest BCUT2D eigenvalue weighted by Crippen LogP contribution is -2.10. The van der Waals surface area contributed by atoms with Gasteiger partial charge in [-0.15, -0.1) is 0 Å². The maximum Gasteiger partial charge on any atom is 0.310 e. The van der Waals surface area contributed by atoms with Crippen molar-refractivity contribution in [2.45, 2.75) is 20.0 Å². The van der Waals surface area contributed by atoms with Gasteiger partial charge in [-0.05, 0) is 35.7 Å². The van der Waals surface area contributed by atoms with E-state index in [1.807, 2.05) is 42.5 Å². The molecule has 122 valence electrons. The Bertz CT molecular complexity index is 650. The molecule has 4 heteroatoms. The number of benzene rings is 2. The third-order valence-corrected chi connectivity index (χ3v) is 3.55. The Hall–Kier alpha value is -2.33. The molecule has 2 aromatic rings. The summed E-state index contributed by atoms with van der Waals surface area (Å²) in [7, 11) is 3.27. The van der Waals surface area contributed by atoms with Crippen molar-refractivity contribution in [3.63, 3.8) is 0 Å². The minimum Gasteiger partial charge on any atom is -0.496 e. The number of hydrogen-bond donors (Lipinski definition) is 0. The molecule has 0 bridgehead atoms. The van der Waals surface area contributed by atoms with Crippen LogP contribution in [0.15, 0.2) is 42.5 Å². The molecule has 0 heterocycles. The molecular formula is C19H22O4. The summed E-state index contributed by atoms with van der Waals surface area (Å²) in [5, 5.41) is 0. The van der Waals surface area contributed by atoms with Crippen LogP contribution in [-0.4, -0.2) is 26.8 Å². The predicted octanol–water partition coefficient (Wildman–Crippen LogP) is 3.61. The maximum atomic E-state index is 11.8. The molecule has 23 heavy (non-hydrogen) atoms. The first-order chi connectivity index (χ1) is 11.2. The molecule has 0 aromatic heterocycles. The topological polar surface area (TPSA) is 44.8 Å². The molecule has 0 aliphatic carbocycles. The summed E-state index contributed by atoms with van der Waals surface area (Å²) in [4.78, 5) is 11.8. The van der Waals surface area contributed by atoms with Crippen molar-refractivity contribution in [3.8, 4) is 16.9 Å². The summed E-state index contributed by atoms with van der Waals surface area (Å²) in [6, 6.07) is 13.9. The fourth-order valence-corrected chi connectivity index (χ4v) is 2.50. The van der Waals surface area contributed by atoms with E-state index in [2.05, 4.69) is 0 Å². The number of carbonyl (C=O) groups excluding carboxylic acids is 1. The van der Waals surface area contributed by atoms with E-state index in [0.717, 1.165) is 28.0 Å². The molecule has 2 rings (SSSR count). The number of esters is 1. The summed E-state index contributed by atoms with van der Waals surface area (Å²) in [5.74, 6) is 0.481. The van der Waals surface area contributed by atoms with Crippen molar-refractivity contribution in [1.29, 1.82) is 0 Å². The minimum atomic E-state index is -0.251. The van der Waals surface area contributed by atoms with Gasteiger partial charge in [-0.2, -0.15) is 0 Å². The van der Waals surface area contributed by atoms with E-state index in [0.29, 0.717) is 13.2 Å². The number of hydrogen-bond acceptors (Lipinski definition) is 4. The number of carbonyl (C=O) groups is 1. The lowest BCUT2D eigenvalue weighted by atomic mass is 9.96. The van der Waals surface area contributed by atoms with Gasteiger partial charge in [0.1, 0.15) is 5.75 Å². The average molecular weight is 314 g/mol. The third kappa shape index (κ3) is 4.33. The number of methoxy groups -OCH3 is 2. The zero-order valence-corrected chi connectivity index (χ0v) is 13.8. The highest BCUT2D eigenvalue weighted by Crippen LogP contribution is 2.33. The normalized spacial score (nSPS) is 10.4. The van der Waals surface area contributed by atoms with Gasteiger partial charge in [0, 0.05) is 12.7 Å². The number of rotatable bonds is 7. The molecule has 0 radical (unpaired) electrons. The first-order valence-corrected chi connectivity index (χ1v) is 7.59. The Morgan fingerprint density at radius 3 is 2.39 bits per heavy atom. The molecule has 0 atom stereocenters. The Balaban J connectivity index is 2.45. The zero-order chi connectivity index (χ0) is 16.7. The summed E-state index contributed by atoms with van der Waals surface area (Å²) in [6.07, 6.45) is 0.206. The van der Waals surface area contributed by atoms with Crippen molar-refractivity contribution < 1.29 is 19.0 Å². The summed E-state index contributed by atoms with van der Waals surface area (Å²) in [6.45, 7) is 2.60. The van der Waals surface area contributed by atoms with E-state index in [1.165, 1.54) is 0 Å². The largest absolute Gasteiger partial charge is 0.496 e. The molecule has 0 amide bonds.